The normalized spacial score (nSPS) is 18.6. The molecular weight excluding hydrogens is 200 g/mol. The predicted octanol–water partition coefficient (Wildman–Crippen LogP) is 2.33. The Balaban J connectivity index is 2.40. The molecule has 0 bridgehead atoms. The molecule has 1 aliphatic heterocycles. The van der Waals surface area contributed by atoms with Crippen molar-refractivity contribution in [2.24, 2.45) is 5.92 Å². The van der Waals surface area contributed by atoms with Gasteiger partial charge in [0.25, 0.3) is 0 Å². The maximum absolute atomic E-state index is 11.7. The van der Waals surface area contributed by atoms with Gasteiger partial charge in [0.15, 0.2) is 0 Å². The number of rotatable bonds is 1. The van der Waals surface area contributed by atoms with Crippen LogP contribution in [0.15, 0.2) is 12.1 Å². The lowest BCUT2D eigenvalue weighted by Crippen LogP contribution is -2.30. The maximum Gasteiger partial charge on any atom is 0.228 e. The number of benzene rings is 1. The number of aryl methyl sites for hydroxylation is 2. The molecular formula is C13H14N2O. The van der Waals surface area contributed by atoms with Crippen molar-refractivity contribution in [3.63, 3.8) is 0 Å². The van der Waals surface area contributed by atoms with Crippen molar-refractivity contribution in [3.05, 3.63) is 28.8 Å². The molecule has 0 spiro atoms. The number of carbonyl (C=O) groups is 1. The zero-order valence-corrected chi connectivity index (χ0v) is 9.50. The van der Waals surface area contributed by atoms with Gasteiger partial charge in [0.1, 0.15) is 0 Å². The van der Waals surface area contributed by atoms with Crippen molar-refractivity contribution in [1.82, 2.24) is 0 Å². The predicted molar refractivity (Wildman–Crippen MR) is 62.0 cm³/mol. The second kappa shape index (κ2) is 3.97. The van der Waals surface area contributed by atoms with Crippen LogP contribution in [0, 0.1) is 31.1 Å². The molecule has 0 saturated carbocycles. The number of fused-ring (bicyclic) bond motifs is 1. The highest BCUT2D eigenvalue weighted by Crippen LogP contribution is 2.30. The number of nitrogens with one attached hydrogen (secondary N) is 1. The minimum atomic E-state index is -0.195. The van der Waals surface area contributed by atoms with Crippen LogP contribution in [-0.4, -0.2) is 5.91 Å². The molecule has 16 heavy (non-hydrogen) atoms. The Morgan fingerprint density at radius 3 is 2.94 bits per heavy atom. The minimum absolute atomic E-state index is 0.0287. The SMILES string of the molecule is Cc1cc(C)c2c(c1)NC(=O)C(CC#N)C2. The molecule has 1 unspecified atom stereocenters. The van der Waals surface area contributed by atoms with E-state index in [2.05, 4.69) is 17.5 Å². The molecule has 0 aromatic heterocycles. The molecule has 1 N–H and O–H groups in total. The second-order valence-electron chi connectivity index (χ2n) is 4.36. The summed E-state index contributed by atoms with van der Waals surface area (Å²) in [5.74, 6) is -0.224. The Hall–Kier alpha value is -1.82. The summed E-state index contributed by atoms with van der Waals surface area (Å²) in [6.07, 6.45) is 0.972. The zero-order valence-electron chi connectivity index (χ0n) is 9.50. The first-order valence-corrected chi connectivity index (χ1v) is 5.39. The van der Waals surface area contributed by atoms with Gasteiger partial charge in [0.05, 0.1) is 12.0 Å². The van der Waals surface area contributed by atoms with Crippen LogP contribution in [0.2, 0.25) is 0 Å². The van der Waals surface area contributed by atoms with Crippen LogP contribution >= 0.6 is 0 Å². The molecule has 1 aromatic carbocycles. The molecule has 1 aromatic rings. The number of nitriles is 1. The summed E-state index contributed by atoms with van der Waals surface area (Å²) in [4.78, 5) is 11.7. The molecule has 0 radical (unpaired) electrons. The van der Waals surface area contributed by atoms with Gasteiger partial charge in [-0.1, -0.05) is 6.07 Å². The molecule has 0 saturated heterocycles. The average Bonchev–Trinajstić information content (AvgIpc) is 2.20. The molecule has 3 heteroatoms. The summed E-state index contributed by atoms with van der Waals surface area (Å²) < 4.78 is 0. The van der Waals surface area contributed by atoms with Crippen LogP contribution in [0.5, 0.6) is 0 Å². The highest BCUT2D eigenvalue weighted by molar-refractivity contribution is 5.96. The Morgan fingerprint density at radius 2 is 2.25 bits per heavy atom. The molecule has 1 aliphatic rings. The molecule has 82 valence electrons. The molecule has 0 aliphatic carbocycles. The van der Waals surface area contributed by atoms with E-state index < -0.39 is 0 Å². The Kier molecular flexibility index (Phi) is 2.66. The summed E-state index contributed by atoms with van der Waals surface area (Å²) in [7, 11) is 0. The van der Waals surface area contributed by atoms with Gasteiger partial charge in [-0.3, -0.25) is 4.79 Å². The third-order valence-electron chi connectivity index (χ3n) is 3.03. The molecule has 0 fully saturated rings. The Labute approximate surface area is 95.1 Å². The van der Waals surface area contributed by atoms with Gasteiger partial charge in [-0.15, -0.1) is 0 Å². The number of nitrogens with zero attached hydrogens (tertiary/aromatic N) is 1. The fourth-order valence-electron chi connectivity index (χ4n) is 2.23. The van der Waals surface area contributed by atoms with E-state index >= 15 is 0 Å². The van der Waals surface area contributed by atoms with Crippen LogP contribution in [0.1, 0.15) is 23.1 Å². The topological polar surface area (TPSA) is 52.9 Å². The van der Waals surface area contributed by atoms with Crippen molar-refractivity contribution in [3.8, 4) is 6.07 Å². The minimum Gasteiger partial charge on any atom is -0.326 e. The quantitative estimate of drug-likeness (QED) is 0.780. The number of amides is 1. The molecule has 1 atom stereocenters. The smallest absolute Gasteiger partial charge is 0.228 e. The monoisotopic (exact) mass is 214 g/mol. The van der Waals surface area contributed by atoms with E-state index in [0.717, 1.165) is 11.3 Å². The molecule has 3 nitrogen and oxygen atoms in total. The van der Waals surface area contributed by atoms with E-state index in [-0.39, 0.29) is 11.8 Å². The van der Waals surface area contributed by atoms with Crippen molar-refractivity contribution < 1.29 is 4.79 Å². The van der Waals surface area contributed by atoms with Gasteiger partial charge in [0, 0.05) is 12.1 Å². The van der Waals surface area contributed by atoms with Crippen molar-refractivity contribution in [2.45, 2.75) is 26.7 Å². The third-order valence-corrected chi connectivity index (χ3v) is 3.03. The Bertz CT molecular complexity index is 485. The van der Waals surface area contributed by atoms with E-state index in [1.165, 1.54) is 11.1 Å². The lowest BCUT2D eigenvalue weighted by atomic mass is 9.88. The fraction of sp³-hybridized carbons (Fsp3) is 0.385. The van der Waals surface area contributed by atoms with E-state index in [1.807, 2.05) is 19.9 Å². The molecule has 1 heterocycles. The summed E-state index contributed by atoms with van der Waals surface area (Å²) in [6.45, 7) is 4.06. The standard InChI is InChI=1S/C13H14N2O/c1-8-5-9(2)11-7-10(3-4-14)13(16)15-12(11)6-8/h5-6,10H,3,7H2,1-2H3,(H,15,16). The second-order valence-corrected chi connectivity index (χ2v) is 4.36. The van der Waals surface area contributed by atoms with Crippen LogP contribution in [0.3, 0.4) is 0 Å². The van der Waals surface area contributed by atoms with Gasteiger partial charge in [0.2, 0.25) is 5.91 Å². The summed E-state index contributed by atoms with van der Waals surface area (Å²) in [5.41, 5.74) is 4.43. The third kappa shape index (κ3) is 1.79. The fourth-order valence-corrected chi connectivity index (χ4v) is 2.23. The number of hydrogen-bond donors (Lipinski definition) is 1. The number of carbonyl (C=O) groups excluding carboxylic acids is 1. The van der Waals surface area contributed by atoms with Gasteiger partial charge in [-0.05, 0) is 43.0 Å². The van der Waals surface area contributed by atoms with Crippen LogP contribution in [0.4, 0.5) is 5.69 Å². The summed E-state index contributed by atoms with van der Waals surface area (Å²) >= 11 is 0. The van der Waals surface area contributed by atoms with E-state index in [4.69, 9.17) is 5.26 Å². The Morgan fingerprint density at radius 1 is 1.50 bits per heavy atom. The molecule has 2 rings (SSSR count). The highest BCUT2D eigenvalue weighted by Gasteiger charge is 2.26. The van der Waals surface area contributed by atoms with Gasteiger partial charge in [-0.25, -0.2) is 0 Å². The van der Waals surface area contributed by atoms with Crippen LogP contribution in [-0.2, 0) is 11.2 Å². The van der Waals surface area contributed by atoms with Crippen LogP contribution < -0.4 is 5.32 Å². The maximum atomic E-state index is 11.7. The average molecular weight is 214 g/mol. The van der Waals surface area contributed by atoms with Gasteiger partial charge >= 0.3 is 0 Å². The van der Waals surface area contributed by atoms with E-state index in [1.54, 1.807) is 0 Å². The van der Waals surface area contributed by atoms with E-state index in [9.17, 15) is 4.79 Å². The number of anilines is 1. The number of hydrogen-bond acceptors (Lipinski definition) is 2. The van der Waals surface area contributed by atoms with Crippen LogP contribution in [0.25, 0.3) is 0 Å². The first kappa shape index (κ1) is 10.7. The summed E-state index contributed by atoms with van der Waals surface area (Å²) in [5, 5.41) is 11.6. The highest BCUT2D eigenvalue weighted by atomic mass is 16.1. The van der Waals surface area contributed by atoms with E-state index in [0.29, 0.717) is 12.8 Å². The lowest BCUT2D eigenvalue weighted by molar-refractivity contribution is -0.120. The largest absolute Gasteiger partial charge is 0.326 e. The summed E-state index contributed by atoms with van der Waals surface area (Å²) in [6, 6.07) is 6.17. The van der Waals surface area contributed by atoms with Crippen molar-refractivity contribution in [1.29, 1.82) is 5.26 Å². The first-order valence-electron chi connectivity index (χ1n) is 5.39. The molecule has 1 amide bonds. The first-order chi connectivity index (χ1) is 7.61. The lowest BCUT2D eigenvalue weighted by Gasteiger charge is -2.25. The zero-order chi connectivity index (χ0) is 11.7. The van der Waals surface area contributed by atoms with Crippen molar-refractivity contribution >= 4 is 11.6 Å². The van der Waals surface area contributed by atoms with Gasteiger partial charge < -0.3 is 5.32 Å². The van der Waals surface area contributed by atoms with Crippen molar-refractivity contribution in [2.75, 3.05) is 5.32 Å². The van der Waals surface area contributed by atoms with Gasteiger partial charge in [-0.2, -0.15) is 5.26 Å².